The fourth-order valence-electron chi connectivity index (χ4n) is 2.66. The van der Waals surface area contributed by atoms with Gasteiger partial charge < -0.3 is 10.6 Å². The summed E-state index contributed by atoms with van der Waals surface area (Å²) in [5.41, 5.74) is 4.12. The van der Waals surface area contributed by atoms with Crippen LogP contribution in [0.2, 0.25) is 0 Å². The molecule has 0 atom stereocenters. The van der Waals surface area contributed by atoms with Crippen molar-refractivity contribution in [3.05, 3.63) is 97.6 Å². The van der Waals surface area contributed by atoms with Gasteiger partial charge in [-0.2, -0.15) is 0 Å². The predicted octanol–water partition coefficient (Wildman–Crippen LogP) is 7.50. The number of rotatable bonds is 14. The Kier molecular flexibility index (Phi) is 11.8. The third kappa shape index (κ3) is 9.04. The largest absolute Gasteiger partial charge is 0.380 e. The van der Waals surface area contributed by atoms with Gasteiger partial charge in [-0.05, 0) is 80.6 Å². The second-order valence-electron chi connectivity index (χ2n) is 8.06. The smallest absolute Gasteiger partial charge is 0.0379 e. The first-order valence-corrected chi connectivity index (χ1v) is 10.5. The van der Waals surface area contributed by atoms with Crippen LogP contribution in [0.3, 0.4) is 0 Å². The molecular weight excluding hydrogens is 352 g/mol. The molecule has 2 nitrogen and oxygen atoms in total. The maximum Gasteiger partial charge on any atom is 0.0379 e. The van der Waals surface area contributed by atoms with Crippen molar-refractivity contribution in [1.29, 1.82) is 0 Å². The number of allylic oxidation sites excluding steroid dienone is 9. The van der Waals surface area contributed by atoms with Crippen LogP contribution in [-0.2, 0) is 0 Å². The molecule has 0 bridgehead atoms. The van der Waals surface area contributed by atoms with E-state index in [1.807, 2.05) is 30.4 Å². The molecule has 2 heteroatoms. The van der Waals surface area contributed by atoms with Crippen molar-refractivity contribution in [2.75, 3.05) is 0 Å². The lowest BCUT2D eigenvalue weighted by atomic mass is 9.77. The van der Waals surface area contributed by atoms with E-state index in [0.717, 1.165) is 36.4 Å². The van der Waals surface area contributed by atoms with Crippen LogP contribution < -0.4 is 10.6 Å². The van der Waals surface area contributed by atoms with Crippen molar-refractivity contribution < 1.29 is 0 Å². The predicted molar refractivity (Wildman–Crippen MR) is 132 cm³/mol. The molecule has 0 aromatic rings. The van der Waals surface area contributed by atoms with E-state index in [1.54, 1.807) is 12.2 Å². The maximum atomic E-state index is 4.00. The molecule has 0 radical (unpaired) electrons. The summed E-state index contributed by atoms with van der Waals surface area (Å²) in [4.78, 5) is 0. The molecule has 0 heterocycles. The molecule has 0 fully saturated rings. The monoisotopic (exact) mass is 394 g/mol. The molecule has 0 aliphatic carbocycles. The first-order chi connectivity index (χ1) is 13.6. The van der Waals surface area contributed by atoms with Crippen molar-refractivity contribution >= 4 is 0 Å². The Morgan fingerprint density at radius 2 is 1.10 bits per heavy atom. The molecule has 0 unspecified atom stereocenters. The summed E-state index contributed by atoms with van der Waals surface area (Å²) in [5, 5.41) is 6.87. The van der Waals surface area contributed by atoms with Crippen molar-refractivity contribution in [1.82, 2.24) is 10.6 Å². The lowest BCUT2D eigenvalue weighted by molar-refractivity contribution is 0.377. The highest BCUT2D eigenvalue weighted by Crippen LogP contribution is 2.35. The SMILES string of the molecule is C=C/C(=C\C=C(/C=C)NC(C)(C)CC)N/C(C=C)=C/C=C(\C=C)C(C)(CC)CC. The van der Waals surface area contributed by atoms with Gasteiger partial charge >= 0.3 is 0 Å². The summed E-state index contributed by atoms with van der Waals surface area (Å²) >= 11 is 0. The van der Waals surface area contributed by atoms with Gasteiger partial charge in [0.05, 0.1) is 0 Å². The molecule has 0 amide bonds. The minimum absolute atomic E-state index is 0.0128. The lowest BCUT2D eigenvalue weighted by Gasteiger charge is -2.28. The van der Waals surface area contributed by atoms with Gasteiger partial charge in [0, 0.05) is 22.6 Å². The van der Waals surface area contributed by atoms with Crippen LogP contribution >= 0.6 is 0 Å². The average molecular weight is 395 g/mol. The van der Waals surface area contributed by atoms with Crippen molar-refractivity contribution in [2.24, 2.45) is 5.41 Å². The third-order valence-electron chi connectivity index (χ3n) is 5.68. The van der Waals surface area contributed by atoms with E-state index >= 15 is 0 Å². The maximum absolute atomic E-state index is 4.00. The van der Waals surface area contributed by atoms with E-state index in [9.17, 15) is 0 Å². The first kappa shape index (κ1) is 26.5. The molecule has 0 aromatic carbocycles. The number of hydrogen-bond donors (Lipinski definition) is 2. The summed E-state index contributed by atoms with van der Waals surface area (Å²) < 4.78 is 0. The van der Waals surface area contributed by atoms with Gasteiger partial charge in [-0.25, -0.2) is 0 Å². The first-order valence-electron chi connectivity index (χ1n) is 10.5. The zero-order valence-corrected chi connectivity index (χ0v) is 19.6. The van der Waals surface area contributed by atoms with Gasteiger partial charge in [0.2, 0.25) is 0 Å². The van der Waals surface area contributed by atoms with Crippen LogP contribution in [0.5, 0.6) is 0 Å². The van der Waals surface area contributed by atoms with E-state index in [0.29, 0.717) is 0 Å². The lowest BCUT2D eigenvalue weighted by Crippen LogP contribution is -2.37. The van der Waals surface area contributed by atoms with Crippen molar-refractivity contribution in [2.45, 2.75) is 66.3 Å². The minimum Gasteiger partial charge on any atom is -0.380 e. The molecule has 0 aliphatic rings. The average Bonchev–Trinajstić information content (AvgIpc) is 2.73. The molecule has 0 spiro atoms. The standard InChI is InChI=1S/C27H42N2/c1-11-22(27(10,16-6)17-7)18-19-23(12-2)28-24(13-3)20-21-25(14-4)29-26(8,9)15-5/h11-14,18-21,28-29H,1-4,15-17H2,5-10H3/b22-18+,23-19+,24-20+,25-21+. The van der Waals surface area contributed by atoms with Crippen LogP contribution in [0.15, 0.2) is 97.6 Å². The van der Waals surface area contributed by atoms with E-state index in [4.69, 9.17) is 0 Å². The third-order valence-corrected chi connectivity index (χ3v) is 5.68. The summed E-state index contributed by atoms with van der Waals surface area (Å²) in [6.07, 6.45) is 18.7. The Morgan fingerprint density at radius 1 is 0.655 bits per heavy atom. The summed E-state index contributed by atoms with van der Waals surface area (Å²) in [6.45, 7) is 29.0. The number of hydrogen-bond acceptors (Lipinski definition) is 2. The molecule has 0 rings (SSSR count). The van der Waals surface area contributed by atoms with Gasteiger partial charge in [-0.15, -0.1) is 0 Å². The Hall–Kier alpha value is -2.48. The molecule has 0 aliphatic heterocycles. The molecule has 29 heavy (non-hydrogen) atoms. The highest BCUT2D eigenvalue weighted by molar-refractivity contribution is 5.36. The quantitative estimate of drug-likeness (QED) is 0.298. The van der Waals surface area contributed by atoms with Crippen molar-refractivity contribution in [3.63, 3.8) is 0 Å². The fraction of sp³-hybridized carbons (Fsp3) is 0.407. The fourth-order valence-corrected chi connectivity index (χ4v) is 2.66. The van der Waals surface area contributed by atoms with Crippen LogP contribution in [0.25, 0.3) is 0 Å². The van der Waals surface area contributed by atoms with Gasteiger partial charge in [0.1, 0.15) is 0 Å². The second kappa shape index (κ2) is 12.9. The normalized spacial score (nSPS) is 14.3. The summed E-state index contributed by atoms with van der Waals surface area (Å²) in [6, 6.07) is 0. The second-order valence-corrected chi connectivity index (χ2v) is 8.06. The van der Waals surface area contributed by atoms with Gasteiger partial charge in [0.25, 0.3) is 0 Å². The van der Waals surface area contributed by atoms with E-state index in [-0.39, 0.29) is 11.0 Å². The topological polar surface area (TPSA) is 24.1 Å². The molecule has 160 valence electrons. The highest BCUT2D eigenvalue weighted by atomic mass is 15.0. The molecule has 0 saturated heterocycles. The van der Waals surface area contributed by atoms with Crippen molar-refractivity contribution in [3.8, 4) is 0 Å². The van der Waals surface area contributed by atoms with Gasteiger partial charge in [-0.1, -0.05) is 66.2 Å². The highest BCUT2D eigenvalue weighted by Gasteiger charge is 2.22. The molecule has 0 saturated carbocycles. The zero-order valence-electron chi connectivity index (χ0n) is 19.6. The number of nitrogens with one attached hydrogen (secondary N) is 2. The Morgan fingerprint density at radius 3 is 1.48 bits per heavy atom. The van der Waals surface area contributed by atoms with E-state index < -0.39 is 0 Å². The molecular formula is C27H42N2. The Balaban J connectivity index is 5.67. The van der Waals surface area contributed by atoms with Crippen LogP contribution in [-0.4, -0.2) is 5.54 Å². The molecule has 0 aromatic heterocycles. The van der Waals surface area contributed by atoms with Crippen LogP contribution in [0.1, 0.15) is 60.8 Å². The summed E-state index contributed by atoms with van der Waals surface area (Å²) in [5.74, 6) is 0. The van der Waals surface area contributed by atoms with Gasteiger partial charge in [-0.3, -0.25) is 0 Å². The van der Waals surface area contributed by atoms with Gasteiger partial charge in [0.15, 0.2) is 0 Å². The minimum atomic E-state index is 0.0128. The van der Waals surface area contributed by atoms with Crippen LogP contribution in [0, 0.1) is 5.41 Å². The Bertz CT molecular complexity index is 692. The zero-order chi connectivity index (χ0) is 22.5. The summed E-state index contributed by atoms with van der Waals surface area (Å²) in [7, 11) is 0. The van der Waals surface area contributed by atoms with E-state index in [2.05, 4.69) is 84.6 Å². The Labute approximate surface area is 180 Å². The van der Waals surface area contributed by atoms with Crippen LogP contribution in [0.4, 0.5) is 0 Å². The molecule has 2 N–H and O–H groups in total. The van der Waals surface area contributed by atoms with E-state index in [1.165, 1.54) is 5.57 Å².